The molecule has 0 saturated carbocycles. The number of rotatable bonds is 7. The first-order valence-corrected chi connectivity index (χ1v) is 12.7. The number of methoxy groups -OCH3 is 2. The molecule has 0 fully saturated rings. The van der Waals surface area contributed by atoms with E-state index < -0.39 is 0 Å². The van der Waals surface area contributed by atoms with Crippen molar-refractivity contribution in [3.63, 3.8) is 0 Å². The van der Waals surface area contributed by atoms with Gasteiger partial charge in [-0.15, -0.1) is 0 Å². The van der Waals surface area contributed by atoms with Crippen LogP contribution < -0.4 is 14.4 Å². The zero-order valence-electron chi connectivity index (χ0n) is 20.2. The van der Waals surface area contributed by atoms with Crippen LogP contribution in [0.4, 0.5) is 10.8 Å². The second-order valence-electron chi connectivity index (χ2n) is 8.11. The van der Waals surface area contributed by atoms with Crippen molar-refractivity contribution in [2.24, 2.45) is 0 Å². The van der Waals surface area contributed by atoms with Gasteiger partial charge in [0.15, 0.2) is 5.13 Å². The van der Waals surface area contributed by atoms with E-state index in [-0.39, 0.29) is 5.91 Å². The Morgan fingerprint density at radius 2 is 1.35 bits per heavy atom. The molecule has 0 aliphatic heterocycles. The highest BCUT2D eigenvalue weighted by molar-refractivity contribution is 7.19. The molecular weight excluding hydrogens is 504 g/mol. The van der Waals surface area contributed by atoms with E-state index in [0.717, 1.165) is 21.7 Å². The Morgan fingerprint density at radius 3 is 1.95 bits per heavy atom. The SMILES string of the molecule is COc1ccc(C(=O)N(c2ccc(OC)cc2)c2nc(-c3ccc(Cl)cc3)c(-c3ccccc3)s2)cc1. The molecule has 184 valence electrons. The number of benzene rings is 4. The van der Waals surface area contributed by atoms with Crippen LogP contribution in [0.1, 0.15) is 10.4 Å². The average Bonchev–Trinajstić information content (AvgIpc) is 3.39. The molecule has 37 heavy (non-hydrogen) atoms. The van der Waals surface area contributed by atoms with Crippen LogP contribution in [0, 0.1) is 0 Å². The van der Waals surface area contributed by atoms with E-state index in [2.05, 4.69) is 0 Å². The maximum atomic E-state index is 13.9. The van der Waals surface area contributed by atoms with Crippen molar-refractivity contribution in [1.82, 2.24) is 4.98 Å². The van der Waals surface area contributed by atoms with Gasteiger partial charge in [-0.2, -0.15) is 0 Å². The lowest BCUT2D eigenvalue weighted by atomic mass is 10.1. The fourth-order valence-corrected chi connectivity index (χ4v) is 5.14. The molecule has 7 heteroatoms. The largest absolute Gasteiger partial charge is 0.497 e. The van der Waals surface area contributed by atoms with Crippen LogP contribution in [0.5, 0.6) is 11.5 Å². The quantitative estimate of drug-likeness (QED) is 0.215. The van der Waals surface area contributed by atoms with Gasteiger partial charge in [-0.1, -0.05) is 65.4 Å². The minimum atomic E-state index is -0.205. The summed E-state index contributed by atoms with van der Waals surface area (Å²) in [5.74, 6) is 1.17. The summed E-state index contributed by atoms with van der Waals surface area (Å²) in [6.45, 7) is 0. The molecule has 0 spiro atoms. The second kappa shape index (κ2) is 10.9. The first-order valence-electron chi connectivity index (χ1n) is 11.5. The lowest BCUT2D eigenvalue weighted by molar-refractivity contribution is 0.0999. The van der Waals surface area contributed by atoms with Crippen molar-refractivity contribution < 1.29 is 14.3 Å². The number of carbonyl (C=O) groups is 1. The zero-order chi connectivity index (χ0) is 25.8. The van der Waals surface area contributed by atoms with Gasteiger partial charge in [-0.25, -0.2) is 4.98 Å². The Hall–Kier alpha value is -4.13. The Labute approximate surface area is 224 Å². The van der Waals surface area contributed by atoms with Gasteiger partial charge in [0.2, 0.25) is 0 Å². The summed E-state index contributed by atoms with van der Waals surface area (Å²) in [6, 6.07) is 32.0. The Kier molecular flexibility index (Phi) is 7.21. The van der Waals surface area contributed by atoms with Crippen molar-refractivity contribution in [1.29, 1.82) is 0 Å². The summed E-state index contributed by atoms with van der Waals surface area (Å²) in [5, 5.41) is 1.20. The molecule has 0 unspecified atom stereocenters. The summed E-state index contributed by atoms with van der Waals surface area (Å²) in [4.78, 5) is 21.5. The fourth-order valence-electron chi connectivity index (χ4n) is 3.90. The summed E-state index contributed by atoms with van der Waals surface area (Å²) in [5.41, 5.74) is 3.91. The van der Waals surface area contributed by atoms with Gasteiger partial charge in [0.25, 0.3) is 5.91 Å². The van der Waals surface area contributed by atoms with E-state index >= 15 is 0 Å². The number of hydrogen-bond acceptors (Lipinski definition) is 5. The third-order valence-corrected chi connectivity index (χ3v) is 7.17. The minimum Gasteiger partial charge on any atom is -0.497 e. The predicted molar refractivity (Wildman–Crippen MR) is 150 cm³/mol. The minimum absolute atomic E-state index is 0.205. The van der Waals surface area contributed by atoms with Crippen LogP contribution in [0.3, 0.4) is 0 Å². The Balaban J connectivity index is 1.67. The van der Waals surface area contributed by atoms with E-state index in [4.69, 9.17) is 26.1 Å². The van der Waals surface area contributed by atoms with Crippen molar-refractivity contribution in [3.8, 4) is 33.2 Å². The fraction of sp³-hybridized carbons (Fsp3) is 0.0667. The Morgan fingerprint density at radius 1 is 0.757 bits per heavy atom. The maximum absolute atomic E-state index is 13.9. The van der Waals surface area contributed by atoms with E-state index in [9.17, 15) is 4.79 Å². The number of aromatic nitrogens is 1. The van der Waals surface area contributed by atoms with Crippen molar-refractivity contribution in [2.75, 3.05) is 19.1 Å². The van der Waals surface area contributed by atoms with Crippen LogP contribution in [-0.4, -0.2) is 25.1 Å². The first-order chi connectivity index (χ1) is 18.1. The number of anilines is 2. The highest BCUT2D eigenvalue weighted by atomic mass is 35.5. The molecule has 5 aromatic rings. The molecule has 1 amide bonds. The number of thiazole rings is 1. The number of hydrogen-bond donors (Lipinski definition) is 0. The highest BCUT2D eigenvalue weighted by Gasteiger charge is 2.26. The summed E-state index contributed by atoms with van der Waals surface area (Å²) < 4.78 is 10.6. The maximum Gasteiger partial charge on any atom is 0.264 e. The third-order valence-electron chi connectivity index (χ3n) is 5.83. The highest BCUT2D eigenvalue weighted by Crippen LogP contribution is 2.43. The smallest absolute Gasteiger partial charge is 0.264 e. The first kappa shape index (κ1) is 24.6. The molecular formula is C30H23ClN2O3S. The number of carbonyl (C=O) groups excluding carboxylic acids is 1. The van der Waals surface area contributed by atoms with Crippen LogP contribution in [0.25, 0.3) is 21.7 Å². The van der Waals surface area contributed by atoms with Gasteiger partial charge in [-0.05, 0) is 66.2 Å². The molecule has 1 heterocycles. The molecule has 0 N–H and O–H groups in total. The molecule has 0 aliphatic rings. The molecule has 0 radical (unpaired) electrons. The van der Waals surface area contributed by atoms with Gasteiger partial charge in [-0.3, -0.25) is 9.69 Å². The van der Waals surface area contributed by atoms with Gasteiger partial charge >= 0.3 is 0 Å². The monoisotopic (exact) mass is 526 g/mol. The molecule has 0 aliphatic carbocycles. The lowest BCUT2D eigenvalue weighted by Crippen LogP contribution is -2.25. The standard InChI is InChI=1S/C30H23ClN2O3S/c1-35-25-16-10-22(11-17-25)29(34)33(24-14-18-26(36-2)19-15-24)30-32-27(20-8-12-23(31)13-9-20)28(37-30)21-6-4-3-5-7-21/h3-19H,1-2H3. The number of halogens is 1. The molecule has 5 nitrogen and oxygen atoms in total. The number of nitrogens with zero attached hydrogens (tertiary/aromatic N) is 2. The van der Waals surface area contributed by atoms with Crippen LogP contribution in [0.15, 0.2) is 103 Å². The van der Waals surface area contributed by atoms with Crippen LogP contribution >= 0.6 is 22.9 Å². The van der Waals surface area contributed by atoms with Crippen molar-refractivity contribution >= 4 is 39.7 Å². The average molecular weight is 527 g/mol. The molecule has 4 aromatic carbocycles. The van der Waals surface area contributed by atoms with E-state index in [1.807, 2.05) is 78.9 Å². The van der Waals surface area contributed by atoms with E-state index in [1.165, 1.54) is 11.3 Å². The van der Waals surface area contributed by atoms with Crippen LogP contribution in [-0.2, 0) is 0 Å². The molecule has 1 aromatic heterocycles. The van der Waals surface area contributed by atoms with Crippen molar-refractivity contribution in [2.45, 2.75) is 0 Å². The van der Waals surface area contributed by atoms with E-state index in [0.29, 0.717) is 32.9 Å². The topological polar surface area (TPSA) is 51.7 Å². The van der Waals surface area contributed by atoms with Crippen molar-refractivity contribution in [3.05, 3.63) is 114 Å². The normalized spacial score (nSPS) is 10.7. The molecule has 0 saturated heterocycles. The number of amides is 1. The Bertz CT molecular complexity index is 1500. The van der Waals surface area contributed by atoms with Crippen LogP contribution in [0.2, 0.25) is 5.02 Å². The molecule has 0 bridgehead atoms. The van der Waals surface area contributed by atoms with E-state index in [1.54, 1.807) is 43.4 Å². The predicted octanol–water partition coefficient (Wildman–Crippen LogP) is 8.13. The number of ether oxygens (including phenoxy) is 2. The second-order valence-corrected chi connectivity index (χ2v) is 9.53. The third kappa shape index (κ3) is 5.21. The molecule has 0 atom stereocenters. The van der Waals surface area contributed by atoms with Gasteiger partial charge in [0, 0.05) is 16.1 Å². The lowest BCUT2D eigenvalue weighted by Gasteiger charge is -2.20. The summed E-state index contributed by atoms with van der Waals surface area (Å²) in [7, 11) is 3.21. The summed E-state index contributed by atoms with van der Waals surface area (Å²) >= 11 is 7.62. The van der Waals surface area contributed by atoms with Gasteiger partial charge < -0.3 is 9.47 Å². The van der Waals surface area contributed by atoms with Gasteiger partial charge in [0.05, 0.1) is 30.5 Å². The van der Waals surface area contributed by atoms with Gasteiger partial charge in [0.1, 0.15) is 11.5 Å². The summed E-state index contributed by atoms with van der Waals surface area (Å²) in [6.07, 6.45) is 0. The molecule has 5 rings (SSSR count). The zero-order valence-corrected chi connectivity index (χ0v) is 21.8.